The first-order valence-corrected chi connectivity index (χ1v) is 11.1. The Morgan fingerprint density at radius 2 is 2.13 bits per heavy atom. The molecule has 4 rings (SSSR count). The standard InChI is InChI=1S/C21H24N4O4S/c1-14-12-15(26)19(28)20(29-14)21(6-10-30-11-7-21)13-18(27)22-8-5-17-24-23-16-4-2-3-9-25(16)17/h2-4,9,12,28H,5-8,10-11,13H2,1H3,(H,22,27). The zero-order valence-corrected chi connectivity index (χ0v) is 17.6. The van der Waals surface area contributed by atoms with Gasteiger partial charge in [0.05, 0.1) is 0 Å². The van der Waals surface area contributed by atoms with E-state index in [-0.39, 0.29) is 23.8 Å². The van der Waals surface area contributed by atoms with E-state index >= 15 is 0 Å². The van der Waals surface area contributed by atoms with Crippen LogP contribution in [0.15, 0.2) is 39.7 Å². The van der Waals surface area contributed by atoms with E-state index in [2.05, 4.69) is 15.5 Å². The summed E-state index contributed by atoms with van der Waals surface area (Å²) in [5.41, 5.74) is -0.375. The molecular weight excluding hydrogens is 404 g/mol. The van der Waals surface area contributed by atoms with Gasteiger partial charge in [0.15, 0.2) is 11.4 Å². The van der Waals surface area contributed by atoms with Crippen LogP contribution in [0.3, 0.4) is 0 Å². The Morgan fingerprint density at radius 1 is 1.33 bits per heavy atom. The Balaban J connectivity index is 1.47. The fourth-order valence-corrected chi connectivity index (χ4v) is 5.23. The first-order valence-electron chi connectivity index (χ1n) is 9.96. The molecule has 0 atom stereocenters. The van der Waals surface area contributed by atoms with Crippen LogP contribution in [0.1, 0.15) is 36.6 Å². The summed E-state index contributed by atoms with van der Waals surface area (Å²) < 4.78 is 7.68. The maximum absolute atomic E-state index is 12.8. The third-order valence-electron chi connectivity index (χ3n) is 5.53. The SMILES string of the molecule is Cc1cc(=O)c(O)c(C2(CC(=O)NCCc3nnc4ccccn34)CCSCC2)o1. The molecule has 1 saturated heterocycles. The molecular formula is C21H24N4O4S. The maximum atomic E-state index is 12.8. The molecule has 1 amide bonds. The molecule has 0 unspecified atom stereocenters. The summed E-state index contributed by atoms with van der Waals surface area (Å²) in [6.45, 7) is 2.10. The van der Waals surface area contributed by atoms with Crippen LogP contribution in [0.2, 0.25) is 0 Å². The summed E-state index contributed by atoms with van der Waals surface area (Å²) in [4.78, 5) is 24.9. The fraction of sp³-hybridized carbons (Fsp3) is 0.429. The Hall–Kier alpha value is -2.81. The number of pyridine rings is 1. The van der Waals surface area contributed by atoms with Gasteiger partial charge in [-0.15, -0.1) is 10.2 Å². The molecule has 4 heterocycles. The van der Waals surface area contributed by atoms with Gasteiger partial charge in [0.25, 0.3) is 0 Å². The lowest BCUT2D eigenvalue weighted by Crippen LogP contribution is -2.39. The van der Waals surface area contributed by atoms with Gasteiger partial charge in [-0.2, -0.15) is 11.8 Å². The third kappa shape index (κ3) is 4.07. The second-order valence-corrected chi connectivity index (χ2v) is 8.84. The zero-order chi connectivity index (χ0) is 21.1. The molecule has 0 aromatic carbocycles. The lowest BCUT2D eigenvalue weighted by Gasteiger charge is -2.35. The minimum atomic E-state index is -0.674. The van der Waals surface area contributed by atoms with Gasteiger partial charge in [0.1, 0.15) is 11.6 Å². The van der Waals surface area contributed by atoms with Gasteiger partial charge < -0.3 is 14.8 Å². The van der Waals surface area contributed by atoms with Gasteiger partial charge in [0.2, 0.25) is 17.1 Å². The van der Waals surface area contributed by atoms with E-state index in [1.807, 2.05) is 28.8 Å². The minimum Gasteiger partial charge on any atom is -0.502 e. The van der Waals surface area contributed by atoms with Crippen LogP contribution in [0.5, 0.6) is 5.75 Å². The second-order valence-electron chi connectivity index (χ2n) is 7.61. The van der Waals surface area contributed by atoms with Crippen molar-refractivity contribution in [3.05, 3.63) is 58.0 Å². The summed E-state index contributed by atoms with van der Waals surface area (Å²) in [7, 11) is 0. The van der Waals surface area contributed by atoms with Crippen LogP contribution in [-0.2, 0) is 16.6 Å². The minimum absolute atomic E-state index is 0.140. The molecule has 3 aromatic heterocycles. The highest BCUT2D eigenvalue weighted by Gasteiger charge is 2.41. The number of aromatic hydroxyl groups is 1. The Kier molecular flexibility index (Phi) is 5.80. The van der Waals surface area contributed by atoms with Crippen LogP contribution in [0.25, 0.3) is 5.65 Å². The van der Waals surface area contributed by atoms with Crippen LogP contribution in [0.4, 0.5) is 0 Å². The highest BCUT2D eigenvalue weighted by molar-refractivity contribution is 7.99. The number of carbonyl (C=O) groups excluding carboxylic acids is 1. The fourth-order valence-electron chi connectivity index (χ4n) is 3.95. The van der Waals surface area contributed by atoms with Gasteiger partial charge in [-0.05, 0) is 43.4 Å². The number of hydrogen-bond donors (Lipinski definition) is 2. The van der Waals surface area contributed by atoms with Crippen molar-refractivity contribution in [2.75, 3.05) is 18.1 Å². The predicted octanol–water partition coefficient (Wildman–Crippen LogP) is 2.21. The molecule has 0 saturated carbocycles. The lowest BCUT2D eigenvalue weighted by molar-refractivity contribution is -0.122. The molecule has 30 heavy (non-hydrogen) atoms. The number of nitrogens with one attached hydrogen (secondary N) is 1. The predicted molar refractivity (Wildman–Crippen MR) is 114 cm³/mol. The van der Waals surface area contributed by atoms with Gasteiger partial charge in [-0.3, -0.25) is 14.0 Å². The summed E-state index contributed by atoms with van der Waals surface area (Å²) >= 11 is 1.80. The zero-order valence-electron chi connectivity index (χ0n) is 16.8. The molecule has 0 aliphatic carbocycles. The first-order chi connectivity index (χ1) is 14.5. The molecule has 158 valence electrons. The van der Waals surface area contributed by atoms with E-state index in [1.165, 1.54) is 6.07 Å². The monoisotopic (exact) mass is 428 g/mol. The Morgan fingerprint density at radius 3 is 2.93 bits per heavy atom. The maximum Gasteiger partial charge on any atom is 0.227 e. The second kappa shape index (κ2) is 8.51. The van der Waals surface area contributed by atoms with E-state index in [1.54, 1.807) is 18.7 Å². The third-order valence-corrected chi connectivity index (χ3v) is 6.52. The average molecular weight is 429 g/mol. The molecule has 0 bridgehead atoms. The Labute approximate surface area is 177 Å². The van der Waals surface area contributed by atoms with E-state index in [4.69, 9.17) is 4.42 Å². The van der Waals surface area contributed by atoms with Crippen molar-refractivity contribution < 1.29 is 14.3 Å². The first kappa shape index (κ1) is 20.5. The van der Waals surface area contributed by atoms with E-state index in [0.717, 1.165) is 23.0 Å². The van der Waals surface area contributed by atoms with Crippen molar-refractivity contribution in [2.24, 2.45) is 0 Å². The molecule has 0 spiro atoms. The summed E-state index contributed by atoms with van der Waals surface area (Å²) in [6, 6.07) is 6.96. The van der Waals surface area contributed by atoms with Crippen LogP contribution in [-0.4, -0.2) is 43.7 Å². The van der Waals surface area contributed by atoms with Crippen molar-refractivity contribution >= 4 is 23.3 Å². The van der Waals surface area contributed by atoms with Crippen molar-refractivity contribution in [3.8, 4) is 5.75 Å². The number of fused-ring (bicyclic) bond motifs is 1. The normalized spacial score (nSPS) is 15.9. The molecule has 2 N–H and O–H groups in total. The highest BCUT2D eigenvalue weighted by Crippen LogP contribution is 2.43. The van der Waals surface area contributed by atoms with Crippen LogP contribution >= 0.6 is 11.8 Å². The number of aryl methyl sites for hydroxylation is 1. The molecule has 1 aliphatic heterocycles. The van der Waals surface area contributed by atoms with Gasteiger partial charge >= 0.3 is 0 Å². The molecule has 3 aromatic rings. The number of amides is 1. The summed E-state index contributed by atoms with van der Waals surface area (Å²) in [5, 5.41) is 21.6. The number of nitrogens with zero attached hydrogens (tertiary/aromatic N) is 3. The van der Waals surface area contributed by atoms with Crippen LogP contribution < -0.4 is 10.7 Å². The smallest absolute Gasteiger partial charge is 0.227 e. The number of thioether (sulfide) groups is 1. The lowest BCUT2D eigenvalue weighted by atomic mass is 9.75. The molecule has 1 aliphatic rings. The van der Waals surface area contributed by atoms with E-state index < -0.39 is 10.8 Å². The molecule has 1 fully saturated rings. The van der Waals surface area contributed by atoms with Gasteiger partial charge in [-0.1, -0.05) is 6.07 Å². The number of hydrogen-bond acceptors (Lipinski definition) is 7. The van der Waals surface area contributed by atoms with Crippen LogP contribution in [0, 0.1) is 6.92 Å². The van der Waals surface area contributed by atoms with E-state index in [9.17, 15) is 14.7 Å². The number of aromatic nitrogens is 3. The van der Waals surface area contributed by atoms with Crippen molar-refractivity contribution in [3.63, 3.8) is 0 Å². The summed E-state index contributed by atoms with van der Waals surface area (Å²) in [5.74, 6) is 2.62. The van der Waals surface area contributed by atoms with Crippen molar-refractivity contribution in [2.45, 2.75) is 38.0 Å². The average Bonchev–Trinajstić information content (AvgIpc) is 3.14. The molecule has 0 radical (unpaired) electrons. The van der Waals surface area contributed by atoms with Crippen molar-refractivity contribution in [1.82, 2.24) is 19.9 Å². The van der Waals surface area contributed by atoms with Gasteiger partial charge in [-0.25, -0.2) is 0 Å². The van der Waals surface area contributed by atoms with Gasteiger partial charge in [0, 0.05) is 37.1 Å². The Bertz CT molecular complexity index is 1120. The number of carbonyl (C=O) groups is 1. The topological polar surface area (TPSA) is 110 Å². The largest absolute Gasteiger partial charge is 0.502 e. The van der Waals surface area contributed by atoms with Crippen molar-refractivity contribution in [1.29, 1.82) is 0 Å². The summed E-state index contributed by atoms with van der Waals surface area (Å²) in [6.07, 6.45) is 3.93. The molecule has 9 heteroatoms. The van der Waals surface area contributed by atoms with E-state index in [0.29, 0.717) is 31.6 Å². The molecule has 8 nitrogen and oxygen atoms in total. The number of rotatable bonds is 6. The highest BCUT2D eigenvalue weighted by atomic mass is 32.2. The quantitative estimate of drug-likeness (QED) is 0.619.